The molecule has 0 saturated heterocycles. The number of ether oxygens (including phenoxy) is 1. The third-order valence-corrected chi connectivity index (χ3v) is 3.67. The summed E-state index contributed by atoms with van der Waals surface area (Å²) in [5.74, 6) is 1.56. The minimum absolute atomic E-state index is 0. The summed E-state index contributed by atoms with van der Waals surface area (Å²) >= 11 is 5.99. The summed E-state index contributed by atoms with van der Waals surface area (Å²) < 4.78 is 7.15. The Bertz CT molecular complexity index is 689. The molecule has 1 N–H and O–H groups in total. The normalized spacial score (nSPS) is 11.0. The highest BCUT2D eigenvalue weighted by molar-refractivity contribution is 14.0. The number of nitrogens with one attached hydrogen (secondary N) is 1. The first kappa shape index (κ1) is 20.6. The number of hydrogen-bond donors (Lipinski definition) is 1. The Balaban J connectivity index is 0.00000288. The van der Waals surface area contributed by atoms with E-state index in [4.69, 9.17) is 16.3 Å². The summed E-state index contributed by atoms with van der Waals surface area (Å²) in [6, 6.07) is 5.60. The van der Waals surface area contributed by atoms with E-state index in [1.54, 1.807) is 24.9 Å². The zero-order valence-electron chi connectivity index (χ0n) is 14.3. The average Bonchev–Trinajstić information content (AvgIpc) is 2.94. The first-order valence-electron chi connectivity index (χ1n) is 7.25. The van der Waals surface area contributed by atoms with Crippen LogP contribution < -0.4 is 10.1 Å². The summed E-state index contributed by atoms with van der Waals surface area (Å²) in [5.41, 5.74) is 2.15. The summed E-state index contributed by atoms with van der Waals surface area (Å²) in [7, 11) is 7.30. The van der Waals surface area contributed by atoms with Crippen LogP contribution in [0.15, 0.2) is 35.6 Å². The second-order valence-electron chi connectivity index (χ2n) is 5.24. The Morgan fingerprint density at radius 1 is 1.46 bits per heavy atom. The molecule has 0 aliphatic heterocycles. The number of halogens is 2. The maximum Gasteiger partial charge on any atom is 0.193 e. The van der Waals surface area contributed by atoms with E-state index in [1.807, 2.05) is 43.5 Å². The molecule has 0 amide bonds. The molecule has 0 unspecified atom stereocenters. The molecular formula is C16H23ClIN5O. The Hall–Kier alpha value is -1.48. The van der Waals surface area contributed by atoms with E-state index in [0.717, 1.165) is 29.4 Å². The molecular weight excluding hydrogens is 441 g/mol. The van der Waals surface area contributed by atoms with Crippen molar-refractivity contribution in [3.8, 4) is 5.75 Å². The number of nitrogens with zero attached hydrogens (tertiary/aromatic N) is 4. The van der Waals surface area contributed by atoms with Gasteiger partial charge in [0.1, 0.15) is 5.75 Å². The lowest BCUT2D eigenvalue weighted by molar-refractivity contribution is 0.408. The van der Waals surface area contributed by atoms with Crippen LogP contribution >= 0.6 is 35.6 Å². The van der Waals surface area contributed by atoms with Gasteiger partial charge in [0.15, 0.2) is 5.96 Å². The third kappa shape index (κ3) is 5.55. The number of aryl methyl sites for hydroxylation is 1. The molecule has 132 valence electrons. The van der Waals surface area contributed by atoms with Gasteiger partial charge in [-0.15, -0.1) is 24.0 Å². The van der Waals surface area contributed by atoms with Gasteiger partial charge in [0, 0.05) is 56.6 Å². The topological polar surface area (TPSA) is 54.7 Å². The number of guanidine groups is 1. The second kappa shape index (κ2) is 9.73. The maximum atomic E-state index is 5.99. The predicted octanol–water partition coefficient (Wildman–Crippen LogP) is 2.91. The Morgan fingerprint density at radius 3 is 2.79 bits per heavy atom. The van der Waals surface area contributed by atoms with Crippen LogP contribution in [0, 0.1) is 0 Å². The molecule has 0 aliphatic rings. The van der Waals surface area contributed by atoms with Crippen molar-refractivity contribution >= 4 is 41.5 Å². The molecule has 8 heteroatoms. The van der Waals surface area contributed by atoms with Crippen molar-refractivity contribution in [2.75, 3.05) is 21.2 Å². The van der Waals surface area contributed by atoms with Gasteiger partial charge in [-0.1, -0.05) is 17.7 Å². The quantitative estimate of drug-likeness (QED) is 0.421. The van der Waals surface area contributed by atoms with E-state index < -0.39 is 0 Å². The lowest BCUT2D eigenvalue weighted by atomic mass is 10.2. The molecule has 0 spiro atoms. The maximum absolute atomic E-state index is 5.99. The van der Waals surface area contributed by atoms with E-state index in [2.05, 4.69) is 15.4 Å². The van der Waals surface area contributed by atoms with Crippen LogP contribution in [-0.2, 0) is 20.1 Å². The van der Waals surface area contributed by atoms with Crippen LogP contribution in [0.4, 0.5) is 0 Å². The number of hydrogen-bond acceptors (Lipinski definition) is 3. The molecule has 0 aliphatic carbocycles. The van der Waals surface area contributed by atoms with Gasteiger partial charge in [-0.3, -0.25) is 9.67 Å². The fourth-order valence-electron chi connectivity index (χ4n) is 2.33. The van der Waals surface area contributed by atoms with Gasteiger partial charge in [-0.05, 0) is 12.1 Å². The number of aromatic nitrogens is 2. The van der Waals surface area contributed by atoms with Gasteiger partial charge in [0.05, 0.1) is 13.3 Å². The molecule has 0 bridgehead atoms. The second-order valence-corrected chi connectivity index (χ2v) is 5.67. The van der Waals surface area contributed by atoms with Crippen molar-refractivity contribution in [2.45, 2.75) is 13.1 Å². The number of aliphatic imine (C=N–C) groups is 1. The zero-order chi connectivity index (χ0) is 16.8. The van der Waals surface area contributed by atoms with E-state index in [-0.39, 0.29) is 24.0 Å². The fourth-order valence-corrected chi connectivity index (χ4v) is 2.49. The van der Waals surface area contributed by atoms with Crippen molar-refractivity contribution in [2.24, 2.45) is 12.0 Å². The first-order valence-corrected chi connectivity index (χ1v) is 7.63. The Kier molecular flexibility index (Phi) is 8.34. The molecule has 0 radical (unpaired) electrons. The van der Waals surface area contributed by atoms with Gasteiger partial charge in [0.25, 0.3) is 0 Å². The minimum atomic E-state index is 0. The highest BCUT2D eigenvalue weighted by Crippen LogP contribution is 2.22. The molecule has 1 heterocycles. The third-order valence-electron chi connectivity index (χ3n) is 3.44. The molecule has 2 aromatic rings. The number of rotatable bonds is 5. The van der Waals surface area contributed by atoms with Crippen molar-refractivity contribution in [1.29, 1.82) is 0 Å². The van der Waals surface area contributed by atoms with Crippen molar-refractivity contribution in [3.05, 3.63) is 46.7 Å². The van der Waals surface area contributed by atoms with Crippen LogP contribution in [-0.4, -0.2) is 41.8 Å². The molecule has 1 aromatic heterocycles. The highest BCUT2D eigenvalue weighted by atomic mass is 127. The zero-order valence-corrected chi connectivity index (χ0v) is 17.4. The van der Waals surface area contributed by atoms with Gasteiger partial charge in [0.2, 0.25) is 0 Å². The summed E-state index contributed by atoms with van der Waals surface area (Å²) in [5, 5.41) is 8.17. The van der Waals surface area contributed by atoms with Gasteiger partial charge < -0.3 is 15.0 Å². The van der Waals surface area contributed by atoms with Crippen LogP contribution in [0.3, 0.4) is 0 Å². The summed E-state index contributed by atoms with van der Waals surface area (Å²) in [6.07, 6.45) is 3.85. The lowest BCUT2D eigenvalue weighted by Gasteiger charge is -2.22. The molecule has 6 nitrogen and oxygen atoms in total. The van der Waals surface area contributed by atoms with Crippen LogP contribution in [0.25, 0.3) is 0 Å². The molecule has 2 rings (SSSR count). The Morgan fingerprint density at radius 2 is 2.21 bits per heavy atom. The monoisotopic (exact) mass is 463 g/mol. The summed E-state index contributed by atoms with van der Waals surface area (Å²) in [6.45, 7) is 1.33. The molecule has 0 saturated carbocycles. The number of benzene rings is 1. The van der Waals surface area contributed by atoms with E-state index in [1.165, 1.54) is 0 Å². The molecule has 0 fully saturated rings. The first-order chi connectivity index (χ1) is 11.0. The average molecular weight is 464 g/mol. The highest BCUT2D eigenvalue weighted by Gasteiger charge is 2.10. The largest absolute Gasteiger partial charge is 0.496 e. The van der Waals surface area contributed by atoms with E-state index >= 15 is 0 Å². The SMILES string of the molecule is CN=C(NCc1ccc(Cl)cc1OC)N(C)Cc1cnn(C)c1.I. The van der Waals surface area contributed by atoms with Gasteiger partial charge >= 0.3 is 0 Å². The molecule has 0 atom stereocenters. The van der Waals surface area contributed by atoms with Crippen molar-refractivity contribution < 1.29 is 4.74 Å². The standard InChI is InChI=1S/C16H22ClN5O.HI/c1-18-16(21(2)10-12-8-20-22(3)11-12)19-9-13-5-6-14(17)7-15(13)23-4;/h5-8,11H,9-10H2,1-4H3,(H,18,19);1H. The van der Waals surface area contributed by atoms with Crippen molar-refractivity contribution in [1.82, 2.24) is 20.0 Å². The molecule has 24 heavy (non-hydrogen) atoms. The van der Waals surface area contributed by atoms with Crippen molar-refractivity contribution in [3.63, 3.8) is 0 Å². The predicted molar refractivity (Wildman–Crippen MR) is 108 cm³/mol. The lowest BCUT2D eigenvalue weighted by Crippen LogP contribution is -2.38. The Labute approximate surface area is 164 Å². The van der Waals surface area contributed by atoms with E-state index in [0.29, 0.717) is 11.6 Å². The number of methoxy groups -OCH3 is 1. The van der Waals surface area contributed by atoms with Crippen LogP contribution in [0.5, 0.6) is 5.75 Å². The minimum Gasteiger partial charge on any atom is -0.496 e. The fraction of sp³-hybridized carbons (Fsp3) is 0.375. The molecule has 1 aromatic carbocycles. The van der Waals surface area contributed by atoms with E-state index in [9.17, 15) is 0 Å². The summed E-state index contributed by atoms with van der Waals surface area (Å²) in [4.78, 5) is 6.36. The van der Waals surface area contributed by atoms with Crippen LogP contribution in [0.1, 0.15) is 11.1 Å². The van der Waals surface area contributed by atoms with Crippen LogP contribution in [0.2, 0.25) is 5.02 Å². The smallest absolute Gasteiger partial charge is 0.193 e. The van der Waals surface area contributed by atoms with Gasteiger partial charge in [-0.25, -0.2) is 0 Å². The van der Waals surface area contributed by atoms with Gasteiger partial charge in [-0.2, -0.15) is 5.10 Å².